The summed E-state index contributed by atoms with van der Waals surface area (Å²) >= 11 is 0. The molecule has 3 saturated carbocycles. The second kappa shape index (κ2) is 7.51. The predicted molar refractivity (Wildman–Crippen MR) is 113 cm³/mol. The van der Waals surface area contributed by atoms with Crippen LogP contribution in [0.3, 0.4) is 0 Å². The van der Waals surface area contributed by atoms with E-state index in [2.05, 4.69) is 32.7 Å². The van der Waals surface area contributed by atoms with E-state index in [1.165, 1.54) is 11.9 Å². The predicted octanol–water partition coefficient (Wildman–Crippen LogP) is 1.14. The van der Waals surface area contributed by atoms with E-state index in [0.717, 1.165) is 17.7 Å². The van der Waals surface area contributed by atoms with Crippen LogP contribution in [0.25, 0.3) is 0 Å². The molecule has 2 N–H and O–H groups in total. The molecular weight excluding hydrogens is 401 g/mol. The highest BCUT2D eigenvalue weighted by Gasteiger charge is 2.68. The molecule has 2 heterocycles. The van der Waals surface area contributed by atoms with Gasteiger partial charge in [-0.15, -0.1) is 6.58 Å². The molecule has 31 heavy (non-hydrogen) atoms. The summed E-state index contributed by atoms with van der Waals surface area (Å²) in [5, 5.41) is 12.0. The zero-order valence-electron chi connectivity index (χ0n) is 18.7. The summed E-state index contributed by atoms with van der Waals surface area (Å²) in [6.45, 7) is 10.1. The average Bonchev–Trinajstić information content (AvgIpc) is 3.18. The van der Waals surface area contributed by atoms with Crippen LogP contribution in [-0.4, -0.2) is 83.8 Å². The number of hydrogen-bond donors (Lipinski definition) is 2. The highest BCUT2D eigenvalue weighted by Crippen LogP contribution is 2.65. The third kappa shape index (κ3) is 3.44. The topological polar surface area (TPSA) is 108 Å². The number of likely N-dealkylation sites (N-methyl/N-ethyl adjacent to an activating group) is 1. The van der Waals surface area contributed by atoms with Gasteiger partial charge in [-0.3, -0.25) is 9.59 Å². The minimum atomic E-state index is -1.11. The van der Waals surface area contributed by atoms with Crippen LogP contribution in [0.5, 0.6) is 0 Å². The number of aliphatic carboxylic acids is 1. The Morgan fingerprint density at radius 3 is 2.71 bits per heavy atom. The smallest absolute Gasteiger partial charge is 0.480 e. The molecule has 2 aliphatic heterocycles. The standard InChI is InChI=1S/C21H32BN3O6/c1-6-7-16(23-18(28)13-10-25(11-17(26)27)19(29)24(13)5)22-30-15-9-12-8-14(20(12,2)3)21(15,4)31-22/h6,12-16H,1,7-11H2,2-5H3,(H,23,28)(H,26,27)/t12?,13-,14?,15?,16-,21-/m0/s1. The number of amides is 3. The molecule has 6 atom stereocenters. The lowest BCUT2D eigenvalue weighted by atomic mass is 9.43. The van der Waals surface area contributed by atoms with E-state index in [1.807, 2.05) is 0 Å². The Hall–Kier alpha value is -2.07. The first-order chi connectivity index (χ1) is 14.5. The molecule has 5 aliphatic rings. The molecule has 0 radical (unpaired) electrons. The van der Waals surface area contributed by atoms with Gasteiger partial charge < -0.3 is 29.5 Å². The zero-order chi connectivity index (χ0) is 22.7. The van der Waals surface area contributed by atoms with Crippen molar-refractivity contribution in [2.45, 2.75) is 63.7 Å². The maximum atomic E-state index is 13.0. The van der Waals surface area contributed by atoms with E-state index in [-0.39, 0.29) is 29.6 Å². The van der Waals surface area contributed by atoms with E-state index in [9.17, 15) is 14.4 Å². The van der Waals surface area contributed by atoms with Gasteiger partial charge in [0.15, 0.2) is 0 Å². The van der Waals surface area contributed by atoms with Gasteiger partial charge in [0.2, 0.25) is 5.91 Å². The van der Waals surface area contributed by atoms with Crippen molar-refractivity contribution in [2.75, 3.05) is 20.1 Å². The van der Waals surface area contributed by atoms with Gasteiger partial charge in [-0.05, 0) is 43.4 Å². The Morgan fingerprint density at radius 1 is 1.39 bits per heavy atom. The summed E-state index contributed by atoms with van der Waals surface area (Å²) in [5.74, 6) is -0.866. The van der Waals surface area contributed by atoms with E-state index in [0.29, 0.717) is 18.3 Å². The fraction of sp³-hybridized carbons (Fsp3) is 0.762. The van der Waals surface area contributed by atoms with E-state index in [4.69, 9.17) is 14.4 Å². The van der Waals surface area contributed by atoms with Crippen molar-refractivity contribution >= 4 is 25.0 Å². The molecule has 5 fully saturated rings. The Labute approximate surface area is 183 Å². The van der Waals surface area contributed by atoms with Crippen molar-refractivity contribution in [3.05, 3.63) is 12.7 Å². The monoisotopic (exact) mass is 433 g/mol. The highest BCUT2D eigenvalue weighted by molar-refractivity contribution is 6.48. The van der Waals surface area contributed by atoms with Crippen LogP contribution in [-0.2, 0) is 18.9 Å². The second-order valence-corrected chi connectivity index (χ2v) is 10.2. The van der Waals surface area contributed by atoms with E-state index < -0.39 is 37.6 Å². The lowest BCUT2D eigenvalue weighted by Gasteiger charge is -2.64. The molecule has 3 aliphatic carbocycles. The number of carbonyl (C=O) groups is 3. The maximum absolute atomic E-state index is 13.0. The zero-order valence-corrected chi connectivity index (χ0v) is 18.7. The molecule has 170 valence electrons. The van der Waals surface area contributed by atoms with E-state index in [1.54, 1.807) is 6.08 Å². The summed E-state index contributed by atoms with van der Waals surface area (Å²) in [7, 11) is 0.911. The van der Waals surface area contributed by atoms with Gasteiger partial charge >= 0.3 is 19.1 Å². The van der Waals surface area contributed by atoms with Crippen molar-refractivity contribution < 1.29 is 28.8 Å². The molecule has 0 spiro atoms. The molecule has 2 bridgehead atoms. The number of carboxylic acids is 1. The maximum Gasteiger partial charge on any atom is 0.482 e. The SMILES string of the molecule is C=CC[C@H](NC(=O)[C@@H]1CN(CC(=O)O)C(=O)N1C)B1OC2CC3CC(C3(C)C)[C@]2(C)O1. The van der Waals surface area contributed by atoms with Gasteiger partial charge in [0.25, 0.3) is 0 Å². The molecule has 10 heteroatoms. The lowest BCUT2D eigenvalue weighted by molar-refractivity contribution is -0.199. The number of nitrogens with zero attached hydrogens (tertiary/aromatic N) is 2. The van der Waals surface area contributed by atoms with Crippen molar-refractivity contribution in [1.29, 1.82) is 0 Å². The van der Waals surface area contributed by atoms with Crippen LogP contribution < -0.4 is 5.32 Å². The summed E-state index contributed by atoms with van der Waals surface area (Å²) in [4.78, 5) is 38.7. The van der Waals surface area contributed by atoms with Crippen LogP contribution in [0.15, 0.2) is 12.7 Å². The van der Waals surface area contributed by atoms with Gasteiger partial charge in [-0.1, -0.05) is 19.9 Å². The third-order valence-corrected chi connectivity index (χ3v) is 8.11. The van der Waals surface area contributed by atoms with E-state index >= 15 is 0 Å². The van der Waals surface area contributed by atoms with Crippen LogP contribution in [0.1, 0.15) is 40.0 Å². The Kier molecular flexibility index (Phi) is 5.37. The largest absolute Gasteiger partial charge is 0.482 e. The first-order valence-electron chi connectivity index (χ1n) is 11.0. The Morgan fingerprint density at radius 2 is 2.10 bits per heavy atom. The summed E-state index contributed by atoms with van der Waals surface area (Å²) in [5.41, 5.74) is -0.160. The number of carbonyl (C=O) groups excluding carboxylic acids is 2. The molecule has 0 aromatic heterocycles. The molecule has 0 aromatic rings. The third-order valence-electron chi connectivity index (χ3n) is 8.11. The van der Waals surface area contributed by atoms with Gasteiger partial charge in [0, 0.05) is 7.05 Å². The van der Waals surface area contributed by atoms with Gasteiger partial charge in [0.1, 0.15) is 12.6 Å². The van der Waals surface area contributed by atoms with Gasteiger partial charge in [0.05, 0.1) is 24.2 Å². The van der Waals surface area contributed by atoms with Crippen molar-refractivity contribution in [1.82, 2.24) is 15.1 Å². The average molecular weight is 433 g/mol. The highest BCUT2D eigenvalue weighted by atomic mass is 16.7. The molecule has 3 unspecified atom stereocenters. The summed E-state index contributed by atoms with van der Waals surface area (Å²) in [6, 6.07) is -1.25. The molecule has 5 rings (SSSR count). The first kappa shape index (κ1) is 22.1. The number of carboxylic acid groups (broad SMARTS) is 1. The quantitative estimate of drug-likeness (QED) is 0.461. The number of hydrogen-bond acceptors (Lipinski definition) is 5. The number of urea groups is 1. The van der Waals surface area contributed by atoms with Gasteiger partial charge in [-0.2, -0.15) is 0 Å². The molecule has 3 amide bonds. The Balaban J connectivity index is 1.44. The minimum Gasteiger partial charge on any atom is -0.480 e. The van der Waals surface area contributed by atoms with Crippen LogP contribution >= 0.6 is 0 Å². The lowest BCUT2D eigenvalue weighted by Crippen LogP contribution is -2.65. The second-order valence-electron chi connectivity index (χ2n) is 10.2. The number of rotatable bonds is 7. The first-order valence-corrected chi connectivity index (χ1v) is 11.0. The summed E-state index contributed by atoms with van der Waals surface area (Å²) in [6.07, 6.45) is 4.27. The van der Waals surface area contributed by atoms with Crippen molar-refractivity contribution in [2.24, 2.45) is 17.3 Å². The van der Waals surface area contributed by atoms with Crippen LogP contribution in [0, 0.1) is 17.3 Å². The van der Waals surface area contributed by atoms with Gasteiger partial charge in [-0.25, -0.2) is 4.79 Å². The molecular formula is C21H32BN3O6. The van der Waals surface area contributed by atoms with Crippen LogP contribution in [0.2, 0.25) is 0 Å². The van der Waals surface area contributed by atoms with Crippen molar-refractivity contribution in [3.8, 4) is 0 Å². The molecule has 9 nitrogen and oxygen atoms in total. The molecule has 2 saturated heterocycles. The molecule has 0 aromatic carbocycles. The van der Waals surface area contributed by atoms with Crippen molar-refractivity contribution in [3.63, 3.8) is 0 Å². The fourth-order valence-corrected chi connectivity index (χ4v) is 6.09. The van der Waals surface area contributed by atoms with Crippen LogP contribution in [0.4, 0.5) is 4.79 Å². The number of nitrogens with one attached hydrogen (secondary N) is 1. The minimum absolute atomic E-state index is 0.000261. The summed E-state index contributed by atoms with van der Waals surface area (Å²) < 4.78 is 12.8. The Bertz CT molecular complexity index is 806. The normalized spacial score (nSPS) is 36.6. The fourth-order valence-electron chi connectivity index (χ4n) is 6.09.